The van der Waals surface area contributed by atoms with Crippen LogP contribution in [-0.4, -0.2) is 41.6 Å². The minimum absolute atomic E-state index is 0.176. The average molecular weight is 636 g/mol. The van der Waals surface area contributed by atoms with Crippen LogP contribution in [0.4, 0.5) is 5.69 Å². The molecule has 234 valence electrons. The highest BCUT2D eigenvalue weighted by atomic mass is 32.1. The number of thiophene rings is 1. The first-order valence-electron chi connectivity index (χ1n) is 15.0. The predicted octanol–water partition coefficient (Wildman–Crippen LogP) is 5.02. The number of nitrogens with zero attached hydrogens (tertiary/aromatic N) is 1. The lowest BCUT2D eigenvalue weighted by Crippen LogP contribution is -2.53. The van der Waals surface area contributed by atoms with E-state index in [2.05, 4.69) is 11.9 Å². The van der Waals surface area contributed by atoms with Gasteiger partial charge in [-0.25, -0.2) is 0 Å². The first-order valence-corrected chi connectivity index (χ1v) is 15.8. The molecule has 5 aromatic rings. The third-order valence-corrected chi connectivity index (χ3v) is 10.3. The zero-order valence-electron chi connectivity index (χ0n) is 25.2. The van der Waals surface area contributed by atoms with Gasteiger partial charge in [-0.3, -0.25) is 14.4 Å². The highest BCUT2D eigenvalue weighted by molar-refractivity contribution is 7.21. The van der Waals surface area contributed by atoms with Gasteiger partial charge in [0.15, 0.2) is 17.1 Å². The molecule has 0 bridgehead atoms. The van der Waals surface area contributed by atoms with Crippen molar-refractivity contribution in [3.63, 3.8) is 0 Å². The number of aryl methyl sites for hydroxylation is 1. The fourth-order valence-corrected chi connectivity index (χ4v) is 8.02. The summed E-state index contributed by atoms with van der Waals surface area (Å²) in [6, 6.07) is 14.9. The molecule has 3 aromatic carbocycles. The molecule has 3 heterocycles. The van der Waals surface area contributed by atoms with Gasteiger partial charge in [0.25, 0.3) is 5.91 Å². The number of nitrogens with one attached hydrogen (secondary N) is 1. The quantitative estimate of drug-likeness (QED) is 0.149. The summed E-state index contributed by atoms with van der Waals surface area (Å²) < 4.78 is 12.4. The molecular weight excluding hydrogens is 602 g/mol. The molecule has 7 N–H and O–H groups in total. The lowest BCUT2D eigenvalue weighted by Gasteiger charge is -2.37. The van der Waals surface area contributed by atoms with E-state index in [9.17, 15) is 14.4 Å². The van der Waals surface area contributed by atoms with Crippen LogP contribution in [0.25, 0.3) is 21.1 Å². The van der Waals surface area contributed by atoms with E-state index < -0.39 is 17.4 Å². The molecule has 3 atom stereocenters. The number of piperidine rings is 1. The topological polar surface area (TPSA) is 167 Å². The van der Waals surface area contributed by atoms with Crippen molar-refractivity contribution in [3.05, 3.63) is 101 Å². The van der Waals surface area contributed by atoms with E-state index in [0.29, 0.717) is 73.9 Å². The van der Waals surface area contributed by atoms with Crippen molar-refractivity contribution in [1.29, 1.82) is 0 Å². The van der Waals surface area contributed by atoms with Gasteiger partial charge in [0.2, 0.25) is 5.91 Å². The summed E-state index contributed by atoms with van der Waals surface area (Å²) in [6.45, 7) is 6.41. The Morgan fingerprint density at radius 1 is 1.17 bits per heavy atom. The molecule has 1 fully saturated rings. The van der Waals surface area contributed by atoms with Crippen LogP contribution in [0.3, 0.4) is 0 Å². The number of nitrogen functional groups attached to an aromatic ring is 1. The molecular formula is C35H33N5O5S. The van der Waals surface area contributed by atoms with Crippen molar-refractivity contribution < 1.29 is 23.5 Å². The van der Waals surface area contributed by atoms with Gasteiger partial charge in [-0.2, -0.15) is 0 Å². The van der Waals surface area contributed by atoms with Crippen LogP contribution in [0, 0.1) is 6.92 Å². The van der Waals surface area contributed by atoms with Crippen LogP contribution >= 0.6 is 11.3 Å². The molecule has 1 aliphatic carbocycles. The summed E-state index contributed by atoms with van der Waals surface area (Å²) in [4.78, 5) is 42.2. The van der Waals surface area contributed by atoms with Crippen molar-refractivity contribution >= 4 is 55.7 Å². The number of carbonyl (C=O) groups is 3. The Labute approximate surface area is 268 Å². The van der Waals surface area contributed by atoms with Gasteiger partial charge >= 0.3 is 0 Å². The van der Waals surface area contributed by atoms with Gasteiger partial charge in [-0.05, 0) is 72.9 Å². The van der Waals surface area contributed by atoms with Gasteiger partial charge in [-0.1, -0.05) is 30.8 Å². The minimum atomic E-state index is -1.61. The maximum absolute atomic E-state index is 14.3. The minimum Gasteiger partial charge on any atom is -0.460 e. The summed E-state index contributed by atoms with van der Waals surface area (Å²) in [5.41, 5.74) is 22.0. The van der Waals surface area contributed by atoms with Crippen LogP contribution in [0.15, 0.2) is 77.9 Å². The number of rotatable bonds is 6. The van der Waals surface area contributed by atoms with Crippen molar-refractivity contribution in [1.82, 2.24) is 10.2 Å². The molecule has 46 heavy (non-hydrogen) atoms. The predicted molar refractivity (Wildman–Crippen MR) is 178 cm³/mol. The number of likely N-dealkylation sites (tertiary alicyclic amines) is 1. The Morgan fingerprint density at radius 2 is 1.98 bits per heavy atom. The van der Waals surface area contributed by atoms with E-state index in [1.54, 1.807) is 35.4 Å². The van der Waals surface area contributed by atoms with Crippen LogP contribution in [0.1, 0.15) is 50.8 Å². The molecule has 0 spiro atoms. The van der Waals surface area contributed by atoms with Crippen molar-refractivity contribution in [3.8, 4) is 11.5 Å². The molecule has 3 unspecified atom stereocenters. The highest BCUT2D eigenvalue weighted by Gasteiger charge is 2.49. The fourth-order valence-electron chi connectivity index (χ4n) is 6.82. The second-order valence-electron chi connectivity index (χ2n) is 11.9. The standard InChI is InChI=1S/C35H33N5O5S/c1-3-26(41)40-14-5-7-20(17-40)39-34(43)32-28-27-23(11-12-24(36)31(27)46-32)35(38,33(42)29(28)37)22-10-9-21(16-18(22)2)45-25-8-4-6-19-13-15-44-30(19)25/h3-4,6,8-13,15-16,20,29H,1,5,7,14,17,36-38H2,2H3,(H,39,43). The van der Waals surface area contributed by atoms with Crippen LogP contribution in [0.5, 0.6) is 11.5 Å². The van der Waals surface area contributed by atoms with Crippen LogP contribution < -0.4 is 27.3 Å². The normalized spacial score (nSPS) is 21.0. The maximum atomic E-state index is 14.3. The van der Waals surface area contributed by atoms with Gasteiger partial charge in [0, 0.05) is 41.2 Å². The summed E-state index contributed by atoms with van der Waals surface area (Å²) in [7, 11) is 0. The molecule has 2 aromatic heterocycles. The number of ketones is 1. The molecule has 1 saturated heterocycles. The fraction of sp³-hybridized carbons (Fsp3) is 0.229. The zero-order valence-corrected chi connectivity index (χ0v) is 26.0. The Morgan fingerprint density at radius 3 is 2.76 bits per heavy atom. The molecule has 0 saturated carbocycles. The number of carbonyl (C=O) groups excluding carboxylic acids is 3. The second-order valence-corrected chi connectivity index (χ2v) is 12.9. The van der Waals surface area contributed by atoms with Gasteiger partial charge in [-0.15, -0.1) is 11.3 Å². The molecule has 11 heteroatoms. The van der Waals surface area contributed by atoms with Crippen molar-refractivity contribution in [2.24, 2.45) is 11.5 Å². The number of anilines is 1. The molecule has 0 radical (unpaired) electrons. The maximum Gasteiger partial charge on any atom is 0.262 e. The van der Waals surface area contributed by atoms with E-state index in [1.807, 2.05) is 37.3 Å². The molecule has 10 nitrogen and oxygen atoms in total. The largest absolute Gasteiger partial charge is 0.460 e. The van der Waals surface area contributed by atoms with Gasteiger partial charge < -0.3 is 36.6 Å². The van der Waals surface area contributed by atoms with E-state index >= 15 is 0 Å². The Hall–Kier alpha value is -4.97. The number of Topliss-reactive ketones (excluding diaryl/α,β-unsaturated/α-hetero) is 1. The van der Waals surface area contributed by atoms with Crippen molar-refractivity contribution in [2.45, 2.75) is 37.4 Å². The number of para-hydroxylation sites is 1. The SMILES string of the molecule is C=CC(=O)N1CCCC(NC(=O)c2sc3c(N)ccc4c3c2C(N)C(=O)C4(N)c2ccc(Oc3cccc4ccoc34)cc2C)C1. The highest BCUT2D eigenvalue weighted by Crippen LogP contribution is 2.50. The number of ether oxygens (including phenoxy) is 1. The van der Waals surface area contributed by atoms with E-state index in [-0.39, 0.29) is 17.9 Å². The van der Waals surface area contributed by atoms with E-state index in [4.69, 9.17) is 26.4 Å². The first kappa shape index (κ1) is 29.7. The number of amides is 2. The van der Waals surface area contributed by atoms with Gasteiger partial charge in [0.05, 0.1) is 21.9 Å². The van der Waals surface area contributed by atoms with E-state index in [1.165, 1.54) is 17.4 Å². The molecule has 2 aliphatic rings. The average Bonchev–Trinajstić information content (AvgIpc) is 3.70. The molecule has 7 rings (SSSR count). The number of hydrogen-bond donors (Lipinski definition) is 4. The second kappa shape index (κ2) is 11.1. The monoisotopic (exact) mass is 635 g/mol. The number of benzene rings is 3. The molecule has 1 aliphatic heterocycles. The summed E-state index contributed by atoms with van der Waals surface area (Å²) in [6.07, 6.45) is 4.35. The van der Waals surface area contributed by atoms with Crippen LogP contribution in [-0.2, 0) is 15.1 Å². The first-order chi connectivity index (χ1) is 22.1. The zero-order chi connectivity index (χ0) is 32.3. The Balaban J connectivity index is 1.26. The smallest absolute Gasteiger partial charge is 0.262 e. The third kappa shape index (κ3) is 4.58. The Kier molecular flexibility index (Phi) is 7.19. The molecule has 2 amide bonds. The summed E-state index contributed by atoms with van der Waals surface area (Å²) in [5, 5.41) is 4.61. The van der Waals surface area contributed by atoms with Crippen LogP contribution in [0.2, 0.25) is 0 Å². The van der Waals surface area contributed by atoms with Gasteiger partial charge in [0.1, 0.15) is 11.3 Å². The third-order valence-electron chi connectivity index (χ3n) is 9.06. The Bertz CT molecular complexity index is 2080. The lowest BCUT2D eigenvalue weighted by molar-refractivity contribution is -0.127. The lowest BCUT2D eigenvalue weighted by atomic mass is 9.69. The van der Waals surface area contributed by atoms with E-state index in [0.717, 1.165) is 17.4 Å². The number of fused-ring (bicyclic) bond motifs is 1. The summed E-state index contributed by atoms with van der Waals surface area (Å²) in [5.74, 6) is 0.141. The number of nitrogens with two attached hydrogens (primary N) is 3. The van der Waals surface area contributed by atoms with Crippen molar-refractivity contribution in [2.75, 3.05) is 18.8 Å². The number of furan rings is 1. The number of hydrogen-bond acceptors (Lipinski definition) is 9. The summed E-state index contributed by atoms with van der Waals surface area (Å²) >= 11 is 1.20.